The minimum absolute atomic E-state index is 0.231. The Morgan fingerprint density at radius 1 is 0.926 bits per heavy atom. The van der Waals surface area contributed by atoms with E-state index in [0.717, 1.165) is 36.3 Å². The molecule has 2 aromatic heterocycles. The second-order valence-electron chi connectivity index (χ2n) is 6.71. The average molecular weight is 369 g/mol. The number of aryl methyl sites for hydroxylation is 1. The molecule has 3 aromatic rings. The van der Waals surface area contributed by atoms with Crippen LogP contribution in [0.2, 0.25) is 0 Å². The maximum Gasteiger partial charge on any atom is 0.331 e. The number of benzene rings is 1. The van der Waals surface area contributed by atoms with Gasteiger partial charge < -0.3 is 9.72 Å². The number of aromatic nitrogens is 3. The molecule has 0 saturated heterocycles. The Hall–Kier alpha value is -2.76. The third kappa shape index (κ3) is 3.70. The summed E-state index contributed by atoms with van der Waals surface area (Å²) in [5, 5.41) is 0. The highest BCUT2D eigenvalue weighted by Crippen LogP contribution is 2.24. The molecule has 0 unspecified atom stereocenters. The first-order valence-corrected chi connectivity index (χ1v) is 9.70. The molecule has 0 atom stereocenters. The minimum Gasteiger partial charge on any atom is -0.494 e. The van der Waals surface area contributed by atoms with Gasteiger partial charge in [-0.15, -0.1) is 0 Å². The lowest BCUT2D eigenvalue weighted by atomic mass is 10.1. The highest BCUT2D eigenvalue weighted by Gasteiger charge is 2.15. The van der Waals surface area contributed by atoms with E-state index < -0.39 is 0 Å². The largest absolute Gasteiger partial charge is 0.494 e. The normalized spacial score (nSPS) is 11.2. The number of H-pyrrole nitrogens is 1. The summed E-state index contributed by atoms with van der Waals surface area (Å²) in [6, 6.07) is 9.66. The number of nitrogens with zero attached hydrogens (tertiary/aromatic N) is 2. The van der Waals surface area contributed by atoms with Crippen molar-refractivity contribution in [1.82, 2.24) is 14.1 Å². The molecule has 0 aliphatic carbocycles. The van der Waals surface area contributed by atoms with E-state index in [4.69, 9.17) is 4.74 Å². The number of ether oxygens (including phenoxy) is 1. The molecule has 0 spiro atoms. The summed E-state index contributed by atoms with van der Waals surface area (Å²) in [7, 11) is 0. The average Bonchev–Trinajstić information content (AvgIpc) is 3.13. The molecule has 0 fully saturated rings. The zero-order valence-corrected chi connectivity index (χ0v) is 16.2. The van der Waals surface area contributed by atoms with Gasteiger partial charge in [-0.2, -0.15) is 0 Å². The van der Waals surface area contributed by atoms with Crippen molar-refractivity contribution in [2.45, 2.75) is 53.1 Å². The molecule has 0 aliphatic heterocycles. The Morgan fingerprint density at radius 3 is 2.22 bits per heavy atom. The Bertz CT molecular complexity index is 1030. The maximum atomic E-state index is 12.8. The van der Waals surface area contributed by atoms with Crippen molar-refractivity contribution in [2.75, 3.05) is 6.61 Å². The van der Waals surface area contributed by atoms with Crippen molar-refractivity contribution in [3.8, 4) is 17.0 Å². The number of aromatic amines is 1. The van der Waals surface area contributed by atoms with E-state index in [-0.39, 0.29) is 11.2 Å². The topological polar surface area (TPSA) is 69.0 Å². The molecular formula is C21H27N3O3. The molecule has 0 saturated carbocycles. The van der Waals surface area contributed by atoms with E-state index in [1.807, 2.05) is 44.2 Å². The van der Waals surface area contributed by atoms with E-state index >= 15 is 0 Å². The van der Waals surface area contributed by atoms with Crippen LogP contribution in [0, 0.1) is 0 Å². The molecule has 3 rings (SSSR count). The Morgan fingerprint density at radius 2 is 1.59 bits per heavy atom. The predicted octanol–water partition coefficient (Wildman–Crippen LogP) is 3.77. The fraction of sp³-hybridized carbons (Fsp3) is 0.429. The fourth-order valence-corrected chi connectivity index (χ4v) is 3.26. The van der Waals surface area contributed by atoms with Crippen LogP contribution in [-0.2, 0) is 13.1 Å². The van der Waals surface area contributed by atoms with Crippen LogP contribution in [0.15, 0.2) is 39.9 Å². The summed E-state index contributed by atoms with van der Waals surface area (Å²) < 4.78 is 8.66. The van der Waals surface area contributed by atoms with Gasteiger partial charge in [0.15, 0.2) is 0 Å². The zero-order valence-electron chi connectivity index (χ0n) is 16.2. The van der Waals surface area contributed by atoms with Gasteiger partial charge in [0.1, 0.15) is 11.3 Å². The third-order valence-corrected chi connectivity index (χ3v) is 4.54. The Kier molecular flexibility index (Phi) is 5.84. The number of hydrogen-bond donors (Lipinski definition) is 1. The van der Waals surface area contributed by atoms with Crippen LogP contribution < -0.4 is 16.0 Å². The standard InChI is InChI=1S/C21H27N3O3/c1-4-11-23-18-14-17(15-7-9-16(10-8-15)27-13-6-3)22-19(18)20(25)24(12-5-2)21(23)26/h7-10,14,22H,4-6,11-13H2,1-3H3. The van der Waals surface area contributed by atoms with Crippen LogP contribution in [0.25, 0.3) is 22.3 Å². The van der Waals surface area contributed by atoms with E-state index in [0.29, 0.717) is 30.7 Å². The van der Waals surface area contributed by atoms with E-state index in [2.05, 4.69) is 11.9 Å². The number of nitrogens with one attached hydrogen (secondary N) is 1. The smallest absolute Gasteiger partial charge is 0.331 e. The van der Waals surface area contributed by atoms with Gasteiger partial charge in [0, 0.05) is 18.8 Å². The number of rotatable bonds is 8. The summed E-state index contributed by atoms with van der Waals surface area (Å²) in [6.45, 7) is 7.75. The highest BCUT2D eigenvalue weighted by atomic mass is 16.5. The van der Waals surface area contributed by atoms with Crippen molar-refractivity contribution < 1.29 is 4.74 Å². The third-order valence-electron chi connectivity index (χ3n) is 4.54. The minimum atomic E-state index is -0.252. The first-order valence-electron chi connectivity index (χ1n) is 9.70. The predicted molar refractivity (Wildman–Crippen MR) is 109 cm³/mol. The lowest BCUT2D eigenvalue weighted by Crippen LogP contribution is -2.39. The van der Waals surface area contributed by atoms with Gasteiger partial charge in [0.05, 0.1) is 12.1 Å². The summed E-state index contributed by atoms with van der Waals surface area (Å²) >= 11 is 0. The summed E-state index contributed by atoms with van der Waals surface area (Å²) in [5.74, 6) is 0.824. The van der Waals surface area contributed by atoms with Gasteiger partial charge in [0.25, 0.3) is 5.56 Å². The molecule has 0 radical (unpaired) electrons. The number of fused-ring (bicyclic) bond motifs is 1. The van der Waals surface area contributed by atoms with Crippen LogP contribution in [0.3, 0.4) is 0 Å². The molecule has 6 heteroatoms. The van der Waals surface area contributed by atoms with E-state index in [1.165, 1.54) is 4.57 Å². The van der Waals surface area contributed by atoms with Crippen molar-refractivity contribution >= 4 is 11.0 Å². The van der Waals surface area contributed by atoms with Gasteiger partial charge in [-0.25, -0.2) is 4.79 Å². The molecule has 1 N–H and O–H groups in total. The van der Waals surface area contributed by atoms with Gasteiger partial charge >= 0.3 is 5.69 Å². The molecule has 2 heterocycles. The van der Waals surface area contributed by atoms with Crippen LogP contribution in [0.1, 0.15) is 40.0 Å². The molecule has 27 heavy (non-hydrogen) atoms. The quantitative estimate of drug-likeness (QED) is 0.657. The molecule has 0 amide bonds. The first kappa shape index (κ1) is 19.0. The fourth-order valence-electron chi connectivity index (χ4n) is 3.26. The summed E-state index contributed by atoms with van der Waals surface area (Å²) in [5.41, 5.74) is 2.44. The molecule has 6 nitrogen and oxygen atoms in total. The van der Waals surface area contributed by atoms with Gasteiger partial charge in [-0.3, -0.25) is 13.9 Å². The zero-order chi connectivity index (χ0) is 19.4. The molecular weight excluding hydrogens is 342 g/mol. The van der Waals surface area contributed by atoms with Crippen molar-refractivity contribution in [3.05, 3.63) is 51.2 Å². The first-order chi connectivity index (χ1) is 13.1. The highest BCUT2D eigenvalue weighted by molar-refractivity contribution is 5.82. The summed E-state index contributed by atoms with van der Waals surface area (Å²) in [6.07, 6.45) is 2.52. The maximum absolute atomic E-state index is 12.8. The van der Waals surface area contributed by atoms with Gasteiger partial charge in [-0.05, 0) is 55.2 Å². The van der Waals surface area contributed by atoms with Crippen molar-refractivity contribution in [2.24, 2.45) is 0 Å². The lowest BCUT2D eigenvalue weighted by Gasteiger charge is -2.10. The van der Waals surface area contributed by atoms with Gasteiger partial charge in [0.2, 0.25) is 0 Å². The lowest BCUT2D eigenvalue weighted by molar-refractivity contribution is 0.317. The Balaban J connectivity index is 2.11. The monoisotopic (exact) mass is 369 g/mol. The van der Waals surface area contributed by atoms with Gasteiger partial charge in [-0.1, -0.05) is 20.8 Å². The van der Waals surface area contributed by atoms with Crippen LogP contribution in [-0.4, -0.2) is 20.7 Å². The second-order valence-corrected chi connectivity index (χ2v) is 6.71. The summed E-state index contributed by atoms with van der Waals surface area (Å²) in [4.78, 5) is 28.8. The van der Waals surface area contributed by atoms with E-state index in [9.17, 15) is 9.59 Å². The SMILES string of the molecule is CCCOc1ccc(-c2cc3c([nH]2)c(=O)n(CCC)c(=O)n3CCC)cc1. The second kappa shape index (κ2) is 8.29. The van der Waals surface area contributed by atoms with Crippen molar-refractivity contribution in [3.63, 3.8) is 0 Å². The Labute approximate surface area is 158 Å². The van der Waals surface area contributed by atoms with Crippen LogP contribution in [0.5, 0.6) is 5.75 Å². The molecule has 1 aromatic carbocycles. The van der Waals surface area contributed by atoms with E-state index in [1.54, 1.807) is 4.57 Å². The molecule has 144 valence electrons. The molecule has 0 bridgehead atoms. The van der Waals surface area contributed by atoms with Crippen LogP contribution >= 0.6 is 0 Å². The van der Waals surface area contributed by atoms with Crippen molar-refractivity contribution in [1.29, 1.82) is 0 Å². The molecule has 0 aliphatic rings. The number of hydrogen-bond acceptors (Lipinski definition) is 3. The van der Waals surface area contributed by atoms with Crippen LogP contribution in [0.4, 0.5) is 0 Å².